The van der Waals surface area contributed by atoms with Gasteiger partial charge in [0.25, 0.3) is 0 Å². The summed E-state index contributed by atoms with van der Waals surface area (Å²) >= 11 is 0. The Morgan fingerprint density at radius 1 is 1.00 bits per heavy atom. The lowest BCUT2D eigenvalue weighted by atomic mass is 10.1. The number of hydrogen-bond donors (Lipinski definition) is 0. The van der Waals surface area contributed by atoms with Crippen LogP contribution in [0.1, 0.15) is 29.5 Å². The van der Waals surface area contributed by atoms with Gasteiger partial charge in [-0.3, -0.25) is 4.90 Å². The minimum absolute atomic E-state index is 0.282. The molecular formula is C23H29NO5. The first-order valence-electron chi connectivity index (χ1n) is 10.1. The van der Waals surface area contributed by atoms with Crippen LogP contribution in [-0.2, 0) is 17.8 Å². The molecule has 2 heterocycles. The van der Waals surface area contributed by atoms with E-state index < -0.39 is 0 Å². The van der Waals surface area contributed by atoms with Crippen LogP contribution >= 0.6 is 0 Å². The number of benzene rings is 2. The van der Waals surface area contributed by atoms with Gasteiger partial charge in [-0.05, 0) is 60.7 Å². The Bertz CT molecular complexity index is 847. The van der Waals surface area contributed by atoms with Crippen LogP contribution in [0.2, 0.25) is 0 Å². The van der Waals surface area contributed by atoms with Crippen molar-refractivity contribution in [2.45, 2.75) is 39.0 Å². The van der Waals surface area contributed by atoms with Crippen LogP contribution < -0.4 is 18.9 Å². The molecule has 0 spiro atoms. The fourth-order valence-electron chi connectivity index (χ4n) is 3.99. The van der Waals surface area contributed by atoms with Gasteiger partial charge < -0.3 is 23.7 Å². The van der Waals surface area contributed by atoms with E-state index in [1.807, 2.05) is 12.1 Å². The Hall–Kier alpha value is -2.44. The highest BCUT2D eigenvalue weighted by molar-refractivity contribution is 5.47. The molecule has 0 aromatic heterocycles. The van der Waals surface area contributed by atoms with Crippen molar-refractivity contribution < 1.29 is 23.7 Å². The summed E-state index contributed by atoms with van der Waals surface area (Å²) in [5.41, 5.74) is 3.61. The second-order valence-electron chi connectivity index (χ2n) is 7.63. The quantitative estimate of drug-likeness (QED) is 0.671. The molecule has 2 aliphatic rings. The maximum absolute atomic E-state index is 5.91. The van der Waals surface area contributed by atoms with E-state index in [-0.39, 0.29) is 6.10 Å². The van der Waals surface area contributed by atoms with E-state index in [1.54, 1.807) is 14.2 Å². The Balaban J connectivity index is 1.55. The van der Waals surface area contributed by atoms with Gasteiger partial charge >= 0.3 is 0 Å². The number of ether oxygens (including phenoxy) is 5. The molecule has 4 rings (SSSR count). The van der Waals surface area contributed by atoms with Crippen LogP contribution in [0.15, 0.2) is 30.3 Å². The zero-order valence-corrected chi connectivity index (χ0v) is 17.4. The molecule has 6 nitrogen and oxygen atoms in total. The van der Waals surface area contributed by atoms with Gasteiger partial charge in [0.1, 0.15) is 0 Å². The van der Waals surface area contributed by atoms with Gasteiger partial charge in [-0.2, -0.15) is 0 Å². The molecule has 0 saturated carbocycles. The fourth-order valence-corrected chi connectivity index (χ4v) is 3.99. The van der Waals surface area contributed by atoms with E-state index in [0.717, 1.165) is 62.1 Å². The maximum Gasteiger partial charge on any atom is 0.231 e. The van der Waals surface area contributed by atoms with Gasteiger partial charge in [0.2, 0.25) is 6.79 Å². The normalized spacial score (nSPS) is 17.7. The van der Waals surface area contributed by atoms with Gasteiger partial charge in [-0.1, -0.05) is 6.07 Å². The van der Waals surface area contributed by atoms with E-state index in [9.17, 15) is 0 Å². The lowest BCUT2D eigenvalue weighted by Crippen LogP contribution is -2.31. The van der Waals surface area contributed by atoms with E-state index in [0.29, 0.717) is 6.79 Å². The van der Waals surface area contributed by atoms with E-state index in [4.69, 9.17) is 23.7 Å². The molecule has 1 fully saturated rings. The van der Waals surface area contributed by atoms with Crippen molar-refractivity contribution in [3.05, 3.63) is 47.0 Å². The molecule has 2 aliphatic heterocycles. The van der Waals surface area contributed by atoms with E-state index in [1.165, 1.54) is 16.7 Å². The Morgan fingerprint density at radius 3 is 2.55 bits per heavy atom. The molecule has 156 valence electrons. The number of fused-ring (bicyclic) bond motifs is 1. The van der Waals surface area contributed by atoms with Crippen molar-refractivity contribution in [1.82, 2.24) is 4.90 Å². The number of nitrogens with zero attached hydrogens (tertiary/aromatic N) is 1. The van der Waals surface area contributed by atoms with Crippen LogP contribution in [0, 0.1) is 6.92 Å². The molecule has 0 radical (unpaired) electrons. The third-order valence-corrected chi connectivity index (χ3v) is 5.57. The lowest BCUT2D eigenvalue weighted by Gasteiger charge is -2.26. The van der Waals surface area contributed by atoms with Gasteiger partial charge in [-0.15, -0.1) is 0 Å². The average molecular weight is 399 g/mol. The molecule has 6 heteroatoms. The number of aryl methyl sites for hydroxylation is 1. The summed E-state index contributed by atoms with van der Waals surface area (Å²) < 4.78 is 27.9. The van der Waals surface area contributed by atoms with Gasteiger partial charge in [0, 0.05) is 26.2 Å². The molecule has 2 aromatic rings. The van der Waals surface area contributed by atoms with Crippen molar-refractivity contribution in [2.24, 2.45) is 0 Å². The second-order valence-corrected chi connectivity index (χ2v) is 7.63. The highest BCUT2D eigenvalue weighted by Gasteiger charge is 2.22. The molecule has 1 atom stereocenters. The van der Waals surface area contributed by atoms with Gasteiger partial charge in [0.05, 0.1) is 20.3 Å². The van der Waals surface area contributed by atoms with E-state index in [2.05, 4.69) is 30.0 Å². The third-order valence-electron chi connectivity index (χ3n) is 5.57. The van der Waals surface area contributed by atoms with Crippen LogP contribution in [0.5, 0.6) is 23.0 Å². The van der Waals surface area contributed by atoms with Crippen LogP contribution in [0.3, 0.4) is 0 Å². The molecule has 29 heavy (non-hydrogen) atoms. The number of methoxy groups -OCH3 is 2. The zero-order chi connectivity index (χ0) is 20.2. The minimum atomic E-state index is 0.282. The first-order chi connectivity index (χ1) is 14.2. The molecule has 0 unspecified atom stereocenters. The van der Waals surface area contributed by atoms with Crippen LogP contribution in [-0.4, -0.2) is 45.2 Å². The fraction of sp³-hybridized carbons (Fsp3) is 0.478. The van der Waals surface area contributed by atoms with Crippen LogP contribution in [0.25, 0.3) is 0 Å². The monoisotopic (exact) mass is 399 g/mol. The highest BCUT2D eigenvalue weighted by atomic mass is 16.7. The summed E-state index contributed by atoms with van der Waals surface area (Å²) in [5, 5.41) is 0. The topological polar surface area (TPSA) is 49.4 Å². The average Bonchev–Trinajstić information content (AvgIpc) is 3.40. The summed E-state index contributed by atoms with van der Waals surface area (Å²) in [6.45, 7) is 5.77. The summed E-state index contributed by atoms with van der Waals surface area (Å²) in [4.78, 5) is 2.43. The first-order valence-corrected chi connectivity index (χ1v) is 10.1. The SMILES string of the molecule is COc1cc(C)c(CN(Cc2ccc3c(c2)OCO3)C[C@H]2CCCO2)cc1OC. The molecule has 0 N–H and O–H groups in total. The van der Waals surface area contributed by atoms with Crippen molar-refractivity contribution in [1.29, 1.82) is 0 Å². The molecule has 1 saturated heterocycles. The summed E-state index contributed by atoms with van der Waals surface area (Å²) in [6.07, 6.45) is 2.53. The molecule has 0 aliphatic carbocycles. The number of hydrogen-bond acceptors (Lipinski definition) is 6. The predicted molar refractivity (Wildman–Crippen MR) is 110 cm³/mol. The Kier molecular flexibility index (Phi) is 6.11. The zero-order valence-electron chi connectivity index (χ0n) is 17.4. The Morgan fingerprint density at radius 2 is 1.79 bits per heavy atom. The van der Waals surface area contributed by atoms with Crippen molar-refractivity contribution >= 4 is 0 Å². The van der Waals surface area contributed by atoms with Crippen molar-refractivity contribution in [3.8, 4) is 23.0 Å². The second kappa shape index (κ2) is 8.93. The number of rotatable bonds is 8. The molecular weight excluding hydrogens is 370 g/mol. The lowest BCUT2D eigenvalue weighted by molar-refractivity contribution is 0.0678. The minimum Gasteiger partial charge on any atom is -0.493 e. The highest BCUT2D eigenvalue weighted by Crippen LogP contribution is 2.34. The van der Waals surface area contributed by atoms with Crippen LogP contribution in [0.4, 0.5) is 0 Å². The van der Waals surface area contributed by atoms with Crippen molar-refractivity contribution in [2.75, 3.05) is 34.2 Å². The van der Waals surface area contributed by atoms with Crippen molar-refractivity contribution in [3.63, 3.8) is 0 Å². The summed E-state index contributed by atoms with van der Waals surface area (Å²) in [5.74, 6) is 3.15. The van der Waals surface area contributed by atoms with Gasteiger partial charge in [-0.25, -0.2) is 0 Å². The summed E-state index contributed by atoms with van der Waals surface area (Å²) in [7, 11) is 3.34. The smallest absolute Gasteiger partial charge is 0.231 e. The first kappa shape index (κ1) is 19.9. The third kappa shape index (κ3) is 4.60. The molecule has 2 aromatic carbocycles. The maximum atomic E-state index is 5.91. The standard InChI is InChI=1S/C23H29NO5/c1-16-9-21(25-2)22(26-3)11-18(16)13-24(14-19-5-4-8-27-19)12-17-6-7-20-23(10-17)29-15-28-20/h6-7,9-11,19H,4-5,8,12-15H2,1-3H3/t19-/m1/s1. The van der Waals surface area contributed by atoms with Gasteiger partial charge in [0.15, 0.2) is 23.0 Å². The molecule has 0 bridgehead atoms. The Labute approximate surface area is 172 Å². The largest absolute Gasteiger partial charge is 0.493 e. The summed E-state index contributed by atoms with van der Waals surface area (Å²) in [6, 6.07) is 10.3. The van der Waals surface area contributed by atoms with E-state index >= 15 is 0 Å². The molecule has 0 amide bonds. The predicted octanol–water partition coefficient (Wildman–Crippen LogP) is 3.92.